The lowest BCUT2D eigenvalue weighted by molar-refractivity contribution is -0.149. The molecule has 26 heavy (non-hydrogen) atoms. The molecule has 5 nitrogen and oxygen atoms in total. The molecular formula is C20H29NO4S. The van der Waals surface area contributed by atoms with Gasteiger partial charge >= 0.3 is 5.97 Å². The van der Waals surface area contributed by atoms with Crippen LogP contribution in [-0.4, -0.2) is 47.7 Å². The predicted molar refractivity (Wildman–Crippen MR) is 104 cm³/mol. The third-order valence-corrected chi connectivity index (χ3v) is 5.48. The summed E-state index contributed by atoms with van der Waals surface area (Å²) in [4.78, 5) is 27.6. The maximum absolute atomic E-state index is 13.3. The zero-order chi connectivity index (χ0) is 19.3. The fraction of sp³-hybridized carbons (Fsp3) is 0.600. The number of carbonyl (C=O) groups is 2. The summed E-state index contributed by atoms with van der Waals surface area (Å²) in [5.74, 6) is 1.27. The lowest BCUT2D eigenvalue weighted by Gasteiger charge is -2.30. The van der Waals surface area contributed by atoms with Gasteiger partial charge in [0, 0.05) is 5.75 Å². The molecule has 1 heterocycles. The van der Waals surface area contributed by atoms with Crippen LogP contribution in [0, 0.1) is 11.8 Å². The first kappa shape index (κ1) is 20.6. The zero-order valence-electron chi connectivity index (χ0n) is 16.2. The van der Waals surface area contributed by atoms with Crippen LogP contribution in [0.2, 0.25) is 0 Å². The minimum absolute atomic E-state index is 0.0380. The van der Waals surface area contributed by atoms with Gasteiger partial charge in [0.05, 0.1) is 24.7 Å². The molecule has 2 atom stereocenters. The Labute approximate surface area is 160 Å². The van der Waals surface area contributed by atoms with Gasteiger partial charge < -0.3 is 14.4 Å². The van der Waals surface area contributed by atoms with Gasteiger partial charge in [-0.1, -0.05) is 39.8 Å². The molecule has 1 aromatic rings. The third-order valence-electron chi connectivity index (χ3n) is 4.17. The summed E-state index contributed by atoms with van der Waals surface area (Å²) in [6.07, 6.45) is 0.833. The van der Waals surface area contributed by atoms with Gasteiger partial charge in [0.15, 0.2) is 0 Å². The molecule has 1 aromatic carbocycles. The Balaban J connectivity index is 2.29. The monoisotopic (exact) mass is 379 g/mol. The summed E-state index contributed by atoms with van der Waals surface area (Å²) in [6, 6.07) is 6.59. The summed E-state index contributed by atoms with van der Waals surface area (Å²) >= 11 is 1.65. The summed E-state index contributed by atoms with van der Waals surface area (Å²) in [5, 5.41) is -0.0380. The molecule has 0 unspecified atom stereocenters. The van der Waals surface area contributed by atoms with Crippen LogP contribution in [0.5, 0.6) is 5.75 Å². The van der Waals surface area contributed by atoms with Crippen LogP contribution in [0.25, 0.3) is 0 Å². The first-order valence-corrected chi connectivity index (χ1v) is 10.1. The van der Waals surface area contributed by atoms with Crippen molar-refractivity contribution in [3.05, 3.63) is 29.8 Å². The number of benzene rings is 1. The molecule has 1 amide bonds. The average Bonchev–Trinajstić information content (AvgIpc) is 3.01. The molecule has 144 valence electrons. The Kier molecular flexibility index (Phi) is 7.38. The second kappa shape index (κ2) is 9.31. The molecule has 0 aliphatic carbocycles. The third kappa shape index (κ3) is 4.93. The molecule has 1 aliphatic rings. The van der Waals surface area contributed by atoms with Gasteiger partial charge in [-0.25, -0.2) is 4.79 Å². The second-order valence-corrected chi connectivity index (χ2v) is 8.58. The summed E-state index contributed by atoms with van der Waals surface area (Å²) in [6.45, 7) is 8.60. The molecular weight excluding hydrogens is 350 g/mol. The van der Waals surface area contributed by atoms with E-state index in [9.17, 15) is 9.59 Å². The number of nitrogens with zero attached hydrogens (tertiary/aromatic N) is 1. The maximum Gasteiger partial charge on any atom is 0.329 e. The Morgan fingerprint density at radius 2 is 1.88 bits per heavy atom. The van der Waals surface area contributed by atoms with E-state index in [4.69, 9.17) is 9.47 Å². The highest BCUT2D eigenvalue weighted by atomic mass is 32.2. The normalized spacial score (nSPS) is 19.9. The number of carbonyl (C=O) groups excluding carboxylic acids is 2. The van der Waals surface area contributed by atoms with Crippen LogP contribution in [0.4, 0.5) is 0 Å². The second-order valence-electron chi connectivity index (χ2n) is 7.37. The minimum Gasteiger partial charge on any atom is -0.496 e. The molecule has 6 heteroatoms. The van der Waals surface area contributed by atoms with E-state index in [-0.39, 0.29) is 23.2 Å². The van der Waals surface area contributed by atoms with Crippen LogP contribution in [0.3, 0.4) is 0 Å². The van der Waals surface area contributed by atoms with Crippen molar-refractivity contribution in [1.82, 2.24) is 4.90 Å². The lowest BCUT2D eigenvalue weighted by atomic mass is 10.1. The van der Waals surface area contributed by atoms with Crippen molar-refractivity contribution in [3.8, 4) is 5.75 Å². The largest absolute Gasteiger partial charge is 0.496 e. The molecule has 1 aliphatic heterocycles. The topological polar surface area (TPSA) is 55.8 Å². The van der Waals surface area contributed by atoms with Crippen molar-refractivity contribution in [3.63, 3.8) is 0 Å². The van der Waals surface area contributed by atoms with Crippen LogP contribution < -0.4 is 4.74 Å². The Morgan fingerprint density at radius 3 is 2.50 bits per heavy atom. The van der Waals surface area contributed by atoms with Gasteiger partial charge in [-0.05, 0) is 30.4 Å². The maximum atomic E-state index is 13.3. The van der Waals surface area contributed by atoms with Crippen molar-refractivity contribution in [2.75, 3.05) is 19.5 Å². The van der Waals surface area contributed by atoms with E-state index < -0.39 is 6.04 Å². The Morgan fingerprint density at radius 1 is 1.19 bits per heavy atom. The van der Waals surface area contributed by atoms with Gasteiger partial charge in [0.1, 0.15) is 11.8 Å². The van der Waals surface area contributed by atoms with Crippen molar-refractivity contribution >= 4 is 23.6 Å². The number of esters is 1. The van der Waals surface area contributed by atoms with Crippen LogP contribution >= 0.6 is 11.8 Å². The van der Waals surface area contributed by atoms with E-state index in [2.05, 4.69) is 13.8 Å². The van der Waals surface area contributed by atoms with E-state index in [0.29, 0.717) is 29.6 Å². The number of rotatable bonds is 7. The molecule has 1 saturated heterocycles. The van der Waals surface area contributed by atoms with E-state index >= 15 is 0 Å². The number of hydrogen-bond donors (Lipinski definition) is 0. The van der Waals surface area contributed by atoms with E-state index in [1.54, 1.807) is 35.9 Å². The number of ether oxygens (including phenoxy) is 2. The molecule has 1 fully saturated rings. The minimum atomic E-state index is -0.556. The number of para-hydroxylation sites is 1. The highest BCUT2D eigenvalue weighted by Crippen LogP contribution is 2.36. The summed E-state index contributed by atoms with van der Waals surface area (Å²) in [5.41, 5.74) is 0.480. The highest BCUT2D eigenvalue weighted by Gasteiger charge is 2.43. The SMILES string of the molecule is COc1ccccc1C(=O)N1[C@@H](CC(C)C)SC[C@H]1C(=O)OCC(C)C. The van der Waals surface area contributed by atoms with Crippen molar-refractivity contribution < 1.29 is 19.1 Å². The van der Waals surface area contributed by atoms with Crippen LogP contribution in [0.15, 0.2) is 24.3 Å². The average molecular weight is 380 g/mol. The molecule has 2 rings (SSSR count). The van der Waals surface area contributed by atoms with Gasteiger partial charge in [-0.15, -0.1) is 11.8 Å². The fourth-order valence-electron chi connectivity index (χ4n) is 2.91. The van der Waals surface area contributed by atoms with E-state index in [1.807, 2.05) is 26.0 Å². The number of thioether (sulfide) groups is 1. The number of hydrogen-bond acceptors (Lipinski definition) is 5. The zero-order valence-corrected chi connectivity index (χ0v) is 17.0. The van der Waals surface area contributed by atoms with Gasteiger partial charge in [-0.2, -0.15) is 0 Å². The predicted octanol–water partition coefficient (Wildman–Crippen LogP) is 3.82. The molecule has 0 spiro atoms. The Hall–Kier alpha value is -1.69. The highest BCUT2D eigenvalue weighted by molar-refractivity contribution is 8.00. The molecule has 0 radical (unpaired) electrons. The fourth-order valence-corrected chi connectivity index (χ4v) is 4.53. The Bertz CT molecular complexity index is 632. The first-order chi connectivity index (χ1) is 12.3. The van der Waals surface area contributed by atoms with Crippen molar-refractivity contribution in [2.45, 2.75) is 45.5 Å². The van der Waals surface area contributed by atoms with Crippen LogP contribution in [0.1, 0.15) is 44.5 Å². The molecule has 0 aromatic heterocycles. The number of amides is 1. The lowest BCUT2D eigenvalue weighted by Crippen LogP contribution is -2.47. The van der Waals surface area contributed by atoms with E-state index in [0.717, 1.165) is 6.42 Å². The summed E-state index contributed by atoms with van der Waals surface area (Å²) < 4.78 is 10.8. The standard InChI is InChI=1S/C20H29NO4S/c1-13(2)10-18-21(16(12-26-18)20(23)25-11-14(3)4)19(22)15-8-6-7-9-17(15)24-5/h6-9,13-14,16,18H,10-12H2,1-5H3/t16-,18+/m0/s1. The van der Waals surface area contributed by atoms with Crippen LogP contribution in [-0.2, 0) is 9.53 Å². The van der Waals surface area contributed by atoms with Crippen molar-refractivity contribution in [2.24, 2.45) is 11.8 Å². The van der Waals surface area contributed by atoms with Crippen molar-refractivity contribution in [1.29, 1.82) is 0 Å². The molecule has 0 saturated carbocycles. The smallest absolute Gasteiger partial charge is 0.329 e. The van der Waals surface area contributed by atoms with Gasteiger partial charge in [0.2, 0.25) is 0 Å². The van der Waals surface area contributed by atoms with E-state index in [1.165, 1.54) is 0 Å². The molecule has 0 bridgehead atoms. The number of methoxy groups -OCH3 is 1. The summed E-state index contributed by atoms with van der Waals surface area (Å²) in [7, 11) is 1.55. The first-order valence-electron chi connectivity index (χ1n) is 9.09. The molecule has 0 N–H and O–H groups in total. The quantitative estimate of drug-likeness (QED) is 0.674. The van der Waals surface area contributed by atoms with Gasteiger partial charge in [-0.3, -0.25) is 4.79 Å². The van der Waals surface area contributed by atoms with Gasteiger partial charge in [0.25, 0.3) is 5.91 Å².